The van der Waals surface area contributed by atoms with E-state index in [0.717, 1.165) is 51.6 Å². The van der Waals surface area contributed by atoms with Crippen LogP contribution in [0, 0.1) is 11.3 Å². The summed E-state index contributed by atoms with van der Waals surface area (Å²) >= 11 is 0. The number of rotatable bonds is 5. The van der Waals surface area contributed by atoms with Crippen LogP contribution >= 0.6 is 0 Å². The third-order valence-electron chi connectivity index (χ3n) is 5.26. The molecule has 20 heavy (non-hydrogen) atoms. The van der Waals surface area contributed by atoms with E-state index < -0.39 is 0 Å². The van der Waals surface area contributed by atoms with Crippen molar-refractivity contribution >= 4 is 5.97 Å². The number of piperidine rings is 1. The van der Waals surface area contributed by atoms with E-state index in [1.165, 1.54) is 19.3 Å². The molecule has 0 bridgehead atoms. The maximum Gasteiger partial charge on any atom is 0.313 e. The average molecular weight is 281 g/mol. The Morgan fingerprint density at radius 2 is 2.05 bits per heavy atom. The first kappa shape index (κ1) is 15.8. The highest BCUT2D eigenvalue weighted by Crippen LogP contribution is 2.36. The van der Waals surface area contributed by atoms with Crippen LogP contribution in [0.15, 0.2) is 0 Å². The van der Waals surface area contributed by atoms with Crippen molar-refractivity contribution in [2.45, 2.75) is 77.7 Å². The molecule has 2 rings (SSSR count). The van der Waals surface area contributed by atoms with Crippen molar-refractivity contribution in [3.8, 4) is 0 Å². The van der Waals surface area contributed by atoms with Gasteiger partial charge in [-0.15, -0.1) is 0 Å². The van der Waals surface area contributed by atoms with Gasteiger partial charge in [0.05, 0.1) is 5.41 Å². The molecule has 0 amide bonds. The summed E-state index contributed by atoms with van der Waals surface area (Å²) in [4.78, 5) is 12.8. The number of nitrogens with one attached hydrogen (secondary N) is 1. The Balaban J connectivity index is 2.00. The van der Waals surface area contributed by atoms with E-state index in [9.17, 15) is 4.79 Å². The molecule has 0 radical (unpaired) electrons. The van der Waals surface area contributed by atoms with E-state index in [1.807, 2.05) is 0 Å². The number of esters is 1. The van der Waals surface area contributed by atoms with Gasteiger partial charge in [-0.1, -0.05) is 26.7 Å². The Morgan fingerprint density at radius 1 is 1.25 bits per heavy atom. The molecule has 0 aromatic carbocycles. The molecular weight excluding hydrogens is 250 g/mol. The van der Waals surface area contributed by atoms with Crippen LogP contribution in [0.3, 0.4) is 0 Å². The van der Waals surface area contributed by atoms with Crippen LogP contribution in [0.5, 0.6) is 0 Å². The lowest BCUT2D eigenvalue weighted by molar-refractivity contribution is -0.168. The van der Waals surface area contributed by atoms with E-state index in [2.05, 4.69) is 19.2 Å². The van der Waals surface area contributed by atoms with Crippen LogP contribution in [-0.2, 0) is 9.53 Å². The molecule has 1 aliphatic heterocycles. The Morgan fingerprint density at radius 3 is 2.70 bits per heavy atom. The van der Waals surface area contributed by atoms with Crippen LogP contribution in [0.25, 0.3) is 0 Å². The molecule has 1 aliphatic carbocycles. The quantitative estimate of drug-likeness (QED) is 0.781. The summed E-state index contributed by atoms with van der Waals surface area (Å²) in [6.07, 6.45) is 10.2. The van der Waals surface area contributed by atoms with Crippen LogP contribution in [-0.4, -0.2) is 25.2 Å². The standard InChI is InChI=1S/C17H31NO2/c1-3-10-17(11-7-12-18-13-17)16(19)20-15-9-6-5-8-14(15)4-2/h14-15,18H,3-13H2,1-2H3. The molecule has 3 atom stereocenters. The Labute approximate surface area is 123 Å². The summed E-state index contributed by atoms with van der Waals surface area (Å²) in [5, 5.41) is 3.40. The first-order valence-corrected chi connectivity index (χ1v) is 8.63. The van der Waals surface area contributed by atoms with Gasteiger partial charge in [0.25, 0.3) is 0 Å². The van der Waals surface area contributed by atoms with E-state index in [4.69, 9.17) is 4.74 Å². The van der Waals surface area contributed by atoms with E-state index in [0.29, 0.717) is 5.92 Å². The third-order valence-corrected chi connectivity index (χ3v) is 5.26. The lowest BCUT2D eigenvalue weighted by Crippen LogP contribution is -2.48. The average Bonchev–Trinajstić information content (AvgIpc) is 2.49. The SMILES string of the molecule is CCCC1(C(=O)OC2CCCCC2CC)CCCNC1. The van der Waals surface area contributed by atoms with Gasteiger partial charge in [-0.2, -0.15) is 0 Å². The number of hydrogen-bond acceptors (Lipinski definition) is 3. The molecule has 2 aliphatic rings. The monoisotopic (exact) mass is 281 g/mol. The maximum atomic E-state index is 12.8. The van der Waals surface area contributed by atoms with Gasteiger partial charge in [-0.25, -0.2) is 0 Å². The van der Waals surface area contributed by atoms with Crippen molar-refractivity contribution in [2.75, 3.05) is 13.1 Å². The maximum absolute atomic E-state index is 12.8. The molecule has 0 aromatic heterocycles. The van der Waals surface area contributed by atoms with Crippen LogP contribution in [0.4, 0.5) is 0 Å². The van der Waals surface area contributed by atoms with E-state index in [-0.39, 0.29) is 17.5 Å². The van der Waals surface area contributed by atoms with Crippen molar-refractivity contribution in [3.05, 3.63) is 0 Å². The molecule has 2 fully saturated rings. The lowest BCUT2D eigenvalue weighted by atomic mass is 9.76. The summed E-state index contributed by atoms with van der Waals surface area (Å²) in [5.41, 5.74) is -0.247. The number of hydrogen-bond donors (Lipinski definition) is 1. The number of carbonyl (C=O) groups is 1. The summed E-state index contributed by atoms with van der Waals surface area (Å²) in [6, 6.07) is 0. The highest BCUT2D eigenvalue weighted by atomic mass is 16.5. The normalized spacial score (nSPS) is 34.7. The predicted molar refractivity (Wildman–Crippen MR) is 81.6 cm³/mol. The Hall–Kier alpha value is -0.570. The smallest absolute Gasteiger partial charge is 0.313 e. The second-order valence-electron chi connectivity index (χ2n) is 6.71. The van der Waals surface area contributed by atoms with Gasteiger partial charge in [-0.05, 0) is 57.4 Å². The van der Waals surface area contributed by atoms with Gasteiger partial charge in [0.2, 0.25) is 0 Å². The van der Waals surface area contributed by atoms with Crippen molar-refractivity contribution < 1.29 is 9.53 Å². The van der Waals surface area contributed by atoms with Crippen molar-refractivity contribution in [1.82, 2.24) is 5.32 Å². The zero-order chi connectivity index (χ0) is 14.4. The topological polar surface area (TPSA) is 38.3 Å². The summed E-state index contributed by atoms with van der Waals surface area (Å²) in [7, 11) is 0. The van der Waals surface area contributed by atoms with Gasteiger partial charge >= 0.3 is 5.97 Å². The summed E-state index contributed by atoms with van der Waals surface area (Å²) < 4.78 is 6.01. The largest absolute Gasteiger partial charge is 0.462 e. The fourth-order valence-corrected chi connectivity index (χ4v) is 3.99. The molecule has 3 unspecified atom stereocenters. The zero-order valence-corrected chi connectivity index (χ0v) is 13.2. The van der Waals surface area contributed by atoms with Crippen LogP contribution < -0.4 is 5.32 Å². The minimum absolute atomic E-state index is 0.0805. The molecular formula is C17H31NO2. The summed E-state index contributed by atoms with van der Waals surface area (Å²) in [5.74, 6) is 0.667. The zero-order valence-electron chi connectivity index (χ0n) is 13.2. The molecule has 0 aromatic rings. The fourth-order valence-electron chi connectivity index (χ4n) is 3.99. The van der Waals surface area contributed by atoms with Gasteiger partial charge in [-0.3, -0.25) is 4.79 Å². The Bertz CT molecular complexity index is 305. The number of ether oxygens (including phenoxy) is 1. The minimum Gasteiger partial charge on any atom is -0.462 e. The van der Waals surface area contributed by atoms with Gasteiger partial charge in [0.1, 0.15) is 6.10 Å². The second kappa shape index (κ2) is 7.44. The van der Waals surface area contributed by atoms with Gasteiger partial charge < -0.3 is 10.1 Å². The molecule has 1 saturated carbocycles. The molecule has 0 spiro atoms. The molecule has 3 nitrogen and oxygen atoms in total. The van der Waals surface area contributed by atoms with Crippen molar-refractivity contribution in [1.29, 1.82) is 0 Å². The highest BCUT2D eigenvalue weighted by Gasteiger charge is 2.42. The summed E-state index contributed by atoms with van der Waals surface area (Å²) in [6.45, 7) is 6.24. The first-order valence-electron chi connectivity index (χ1n) is 8.63. The van der Waals surface area contributed by atoms with Crippen LogP contribution in [0.1, 0.15) is 71.6 Å². The highest BCUT2D eigenvalue weighted by molar-refractivity contribution is 5.77. The number of carbonyl (C=O) groups excluding carboxylic acids is 1. The molecule has 1 N–H and O–H groups in total. The van der Waals surface area contributed by atoms with Gasteiger partial charge in [0.15, 0.2) is 0 Å². The molecule has 1 saturated heterocycles. The van der Waals surface area contributed by atoms with E-state index in [1.54, 1.807) is 0 Å². The Kier molecular flexibility index (Phi) is 5.88. The molecule has 1 heterocycles. The van der Waals surface area contributed by atoms with Gasteiger partial charge in [0, 0.05) is 6.54 Å². The molecule has 3 heteroatoms. The van der Waals surface area contributed by atoms with E-state index >= 15 is 0 Å². The molecule has 116 valence electrons. The minimum atomic E-state index is -0.247. The second-order valence-corrected chi connectivity index (χ2v) is 6.71. The third kappa shape index (κ3) is 3.55. The van der Waals surface area contributed by atoms with Crippen molar-refractivity contribution in [3.63, 3.8) is 0 Å². The predicted octanol–water partition coefficient (Wildman–Crippen LogP) is 3.67. The van der Waals surface area contributed by atoms with Crippen LogP contribution in [0.2, 0.25) is 0 Å². The lowest BCUT2D eigenvalue weighted by Gasteiger charge is -2.38. The first-order chi connectivity index (χ1) is 9.72. The fraction of sp³-hybridized carbons (Fsp3) is 0.941. The van der Waals surface area contributed by atoms with Crippen molar-refractivity contribution in [2.24, 2.45) is 11.3 Å².